The lowest BCUT2D eigenvalue weighted by atomic mass is 9.93. The molecule has 104 valence electrons. The second-order valence-electron chi connectivity index (χ2n) is 5.41. The van der Waals surface area contributed by atoms with Crippen molar-refractivity contribution in [2.45, 2.75) is 32.8 Å². The zero-order valence-electron chi connectivity index (χ0n) is 11.5. The molecule has 1 amide bonds. The Kier molecular flexibility index (Phi) is 4.10. The minimum atomic E-state index is -0.401. The lowest BCUT2D eigenvalue weighted by Gasteiger charge is -2.34. The first-order valence-corrected chi connectivity index (χ1v) is 6.76. The van der Waals surface area contributed by atoms with Crippen molar-refractivity contribution in [1.82, 2.24) is 4.90 Å². The molecule has 1 aromatic rings. The van der Waals surface area contributed by atoms with Gasteiger partial charge in [-0.1, -0.05) is 6.07 Å². The number of aliphatic hydroxyl groups is 1. The van der Waals surface area contributed by atoms with E-state index in [1.54, 1.807) is 24.0 Å². The van der Waals surface area contributed by atoms with Crippen LogP contribution < -0.4 is 0 Å². The molecule has 1 heterocycles. The number of hydrogen-bond acceptors (Lipinski definition) is 3. The monoisotopic (exact) mass is 263 g/mol. The average Bonchev–Trinajstić information content (AvgIpc) is 2.38. The standard InChI is InChI=1S/C15H21NO3/c1-10-5-6-13(14(18)8-10)15(19)16-7-3-4-12(9-16)11(2)17/h5-6,8,11-12,17-18H,3-4,7,9H2,1-2H3. The van der Waals surface area contributed by atoms with Crippen LogP contribution in [0.3, 0.4) is 0 Å². The number of rotatable bonds is 2. The topological polar surface area (TPSA) is 60.8 Å². The second kappa shape index (κ2) is 5.61. The molecule has 1 fully saturated rings. The molecule has 2 rings (SSSR count). The minimum Gasteiger partial charge on any atom is -0.507 e. The van der Waals surface area contributed by atoms with E-state index >= 15 is 0 Å². The number of aromatic hydroxyl groups is 1. The Morgan fingerprint density at radius 3 is 2.84 bits per heavy atom. The Balaban J connectivity index is 2.15. The van der Waals surface area contributed by atoms with Crippen molar-refractivity contribution >= 4 is 5.91 Å². The Bertz CT molecular complexity index is 470. The van der Waals surface area contributed by atoms with Crippen molar-refractivity contribution in [3.05, 3.63) is 29.3 Å². The third-order valence-electron chi connectivity index (χ3n) is 3.81. The first-order chi connectivity index (χ1) is 8.99. The number of carbonyl (C=O) groups is 1. The lowest BCUT2D eigenvalue weighted by molar-refractivity contribution is 0.0464. The van der Waals surface area contributed by atoms with Crippen LogP contribution in [-0.4, -0.2) is 40.2 Å². The molecule has 19 heavy (non-hydrogen) atoms. The maximum atomic E-state index is 12.4. The highest BCUT2D eigenvalue weighted by Gasteiger charge is 2.28. The number of nitrogens with zero attached hydrogens (tertiary/aromatic N) is 1. The second-order valence-corrected chi connectivity index (χ2v) is 5.41. The first-order valence-electron chi connectivity index (χ1n) is 6.76. The minimum absolute atomic E-state index is 0.0316. The number of aryl methyl sites for hydroxylation is 1. The van der Waals surface area contributed by atoms with Gasteiger partial charge in [0.25, 0.3) is 5.91 Å². The van der Waals surface area contributed by atoms with E-state index in [2.05, 4.69) is 0 Å². The van der Waals surface area contributed by atoms with Gasteiger partial charge in [-0.25, -0.2) is 0 Å². The van der Waals surface area contributed by atoms with Gasteiger partial charge in [0, 0.05) is 19.0 Å². The Hall–Kier alpha value is -1.55. The van der Waals surface area contributed by atoms with Crippen LogP contribution >= 0.6 is 0 Å². The van der Waals surface area contributed by atoms with Crippen LogP contribution in [0.1, 0.15) is 35.7 Å². The predicted octanol–water partition coefficient (Wildman–Crippen LogP) is 1.93. The zero-order valence-corrected chi connectivity index (χ0v) is 11.5. The van der Waals surface area contributed by atoms with Gasteiger partial charge in [-0.3, -0.25) is 4.79 Å². The lowest BCUT2D eigenvalue weighted by Crippen LogP contribution is -2.42. The number of phenols is 1. The molecule has 0 aliphatic carbocycles. The van der Waals surface area contributed by atoms with Gasteiger partial charge in [-0.2, -0.15) is 0 Å². The van der Waals surface area contributed by atoms with E-state index in [-0.39, 0.29) is 17.6 Å². The van der Waals surface area contributed by atoms with Crippen LogP contribution in [0.4, 0.5) is 0 Å². The fourth-order valence-corrected chi connectivity index (χ4v) is 2.58. The Labute approximate surface area is 113 Å². The van der Waals surface area contributed by atoms with Gasteiger partial charge < -0.3 is 15.1 Å². The van der Waals surface area contributed by atoms with Crippen LogP contribution in [-0.2, 0) is 0 Å². The molecule has 2 N–H and O–H groups in total. The van der Waals surface area contributed by atoms with E-state index in [9.17, 15) is 15.0 Å². The van der Waals surface area contributed by atoms with Crippen molar-refractivity contribution in [2.75, 3.05) is 13.1 Å². The van der Waals surface area contributed by atoms with Crippen molar-refractivity contribution in [1.29, 1.82) is 0 Å². The molecule has 0 aromatic heterocycles. The molecule has 4 nitrogen and oxygen atoms in total. The summed E-state index contributed by atoms with van der Waals surface area (Å²) in [7, 11) is 0. The maximum Gasteiger partial charge on any atom is 0.257 e. The molecule has 1 aromatic carbocycles. The van der Waals surface area contributed by atoms with E-state index in [1.807, 2.05) is 13.0 Å². The number of benzene rings is 1. The van der Waals surface area contributed by atoms with E-state index in [0.717, 1.165) is 18.4 Å². The third-order valence-corrected chi connectivity index (χ3v) is 3.81. The van der Waals surface area contributed by atoms with Crippen LogP contribution in [0, 0.1) is 12.8 Å². The molecule has 0 spiro atoms. The van der Waals surface area contributed by atoms with Gasteiger partial charge in [0.2, 0.25) is 0 Å². The van der Waals surface area contributed by atoms with Crippen LogP contribution in [0.25, 0.3) is 0 Å². The normalized spacial score (nSPS) is 21.2. The van der Waals surface area contributed by atoms with E-state index < -0.39 is 6.10 Å². The summed E-state index contributed by atoms with van der Waals surface area (Å²) in [4.78, 5) is 14.1. The summed E-state index contributed by atoms with van der Waals surface area (Å²) in [5.74, 6) is 0.0114. The molecule has 0 bridgehead atoms. The van der Waals surface area contributed by atoms with Crippen LogP contribution in [0.15, 0.2) is 18.2 Å². The Morgan fingerprint density at radius 1 is 1.47 bits per heavy atom. The average molecular weight is 263 g/mol. The molecular weight excluding hydrogens is 242 g/mol. The summed E-state index contributed by atoms with van der Waals surface area (Å²) in [5, 5.41) is 19.5. The van der Waals surface area contributed by atoms with Crippen molar-refractivity contribution in [3.8, 4) is 5.75 Å². The summed E-state index contributed by atoms with van der Waals surface area (Å²) >= 11 is 0. The predicted molar refractivity (Wildman–Crippen MR) is 73.2 cm³/mol. The number of phenolic OH excluding ortho intramolecular Hbond substituents is 1. The third kappa shape index (κ3) is 3.07. The number of likely N-dealkylation sites (tertiary alicyclic amines) is 1. The van der Waals surface area contributed by atoms with E-state index in [0.29, 0.717) is 18.7 Å². The number of hydrogen-bond donors (Lipinski definition) is 2. The molecule has 1 saturated heterocycles. The molecule has 1 aliphatic rings. The largest absolute Gasteiger partial charge is 0.507 e. The molecular formula is C15H21NO3. The van der Waals surface area contributed by atoms with Gasteiger partial charge in [-0.05, 0) is 44.4 Å². The first kappa shape index (κ1) is 13.9. The van der Waals surface area contributed by atoms with E-state index in [4.69, 9.17) is 0 Å². The summed E-state index contributed by atoms with van der Waals surface area (Å²) < 4.78 is 0. The van der Waals surface area contributed by atoms with Crippen molar-refractivity contribution in [2.24, 2.45) is 5.92 Å². The van der Waals surface area contributed by atoms with Gasteiger partial charge >= 0.3 is 0 Å². The van der Waals surface area contributed by atoms with Gasteiger partial charge in [0.05, 0.1) is 11.7 Å². The smallest absolute Gasteiger partial charge is 0.257 e. The molecule has 2 unspecified atom stereocenters. The van der Waals surface area contributed by atoms with Gasteiger partial charge in [-0.15, -0.1) is 0 Å². The number of aliphatic hydroxyl groups excluding tert-OH is 1. The molecule has 2 atom stereocenters. The summed E-state index contributed by atoms with van der Waals surface area (Å²) in [6.45, 7) is 4.89. The quantitative estimate of drug-likeness (QED) is 0.857. The number of carbonyl (C=O) groups excluding carboxylic acids is 1. The molecule has 4 heteroatoms. The zero-order chi connectivity index (χ0) is 14.0. The maximum absolute atomic E-state index is 12.4. The summed E-state index contributed by atoms with van der Waals surface area (Å²) in [5.41, 5.74) is 1.27. The van der Waals surface area contributed by atoms with Crippen LogP contribution in [0.2, 0.25) is 0 Å². The summed E-state index contributed by atoms with van der Waals surface area (Å²) in [6.07, 6.45) is 1.44. The fraction of sp³-hybridized carbons (Fsp3) is 0.533. The molecule has 1 aliphatic heterocycles. The fourth-order valence-electron chi connectivity index (χ4n) is 2.58. The van der Waals surface area contributed by atoms with Gasteiger partial charge in [0.15, 0.2) is 0 Å². The summed E-state index contributed by atoms with van der Waals surface area (Å²) in [6, 6.07) is 5.09. The van der Waals surface area contributed by atoms with Crippen LogP contribution in [0.5, 0.6) is 5.75 Å². The molecule has 0 radical (unpaired) electrons. The number of amides is 1. The van der Waals surface area contributed by atoms with Crippen molar-refractivity contribution < 1.29 is 15.0 Å². The van der Waals surface area contributed by atoms with E-state index in [1.165, 1.54) is 0 Å². The highest BCUT2D eigenvalue weighted by Crippen LogP contribution is 2.25. The highest BCUT2D eigenvalue weighted by atomic mass is 16.3. The number of piperidine rings is 1. The highest BCUT2D eigenvalue weighted by molar-refractivity contribution is 5.97. The SMILES string of the molecule is Cc1ccc(C(=O)N2CCCC(C(C)O)C2)c(O)c1. The molecule has 0 saturated carbocycles. The van der Waals surface area contributed by atoms with Crippen molar-refractivity contribution in [3.63, 3.8) is 0 Å². The van der Waals surface area contributed by atoms with Gasteiger partial charge in [0.1, 0.15) is 5.75 Å². The Morgan fingerprint density at radius 2 is 2.21 bits per heavy atom.